The smallest absolute Gasteiger partial charge is 0.331 e. The molecular formula is C9H14O4. The van der Waals surface area contributed by atoms with Gasteiger partial charge in [-0.3, -0.25) is 4.79 Å². The van der Waals surface area contributed by atoms with E-state index in [1.165, 1.54) is 0 Å². The van der Waals surface area contributed by atoms with Crippen LogP contribution >= 0.6 is 0 Å². The fourth-order valence-electron chi connectivity index (χ4n) is 0.973. The molecule has 2 N–H and O–H groups in total. The van der Waals surface area contributed by atoms with Crippen molar-refractivity contribution in [3.8, 4) is 0 Å². The summed E-state index contributed by atoms with van der Waals surface area (Å²) in [6.07, 6.45) is 3.01. The summed E-state index contributed by atoms with van der Waals surface area (Å²) >= 11 is 0. The Morgan fingerprint density at radius 1 is 1.23 bits per heavy atom. The molecule has 0 heterocycles. The molecule has 0 saturated carbocycles. The van der Waals surface area contributed by atoms with Crippen LogP contribution < -0.4 is 0 Å². The lowest BCUT2D eigenvalue weighted by molar-refractivity contribution is -0.137. The van der Waals surface area contributed by atoms with E-state index in [-0.39, 0.29) is 6.42 Å². The number of allylic oxidation sites excluding steroid dienone is 1. The highest BCUT2D eigenvalue weighted by molar-refractivity contribution is 5.86. The van der Waals surface area contributed by atoms with Gasteiger partial charge in [0.25, 0.3) is 0 Å². The van der Waals surface area contributed by atoms with Crippen LogP contribution in [0, 0.1) is 0 Å². The molecule has 0 aromatic rings. The van der Waals surface area contributed by atoms with Crippen molar-refractivity contribution in [2.45, 2.75) is 32.6 Å². The third-order valence-electron chi connectivity index (χ3n) is 1.56. The minimum atomic E-state index is -0.952. The lowest BCUT2D eigenvalue weighted by Crippen LogP contribution is -2.02. The van der Waals surface area contributed by atoms with Crippen molar-refractivity contribution >= 4 is 11.9 Å². The van der Waals surface area contributed by atoms with Crippen molar-refractivity contribution in [2.24, 2.45) is 0 Å². The number of hydrogen-bond acceptors (Lipinski definition) is 2. The highest BCUT2D eigenvalue weighted by atomic mass is 16.4. The molecule has 74 valence electrons. The Labute approximate surface area is 76.9 Å². The van der Waals surface area contributed by atoms with Gasteiger partial charge in [-0.2, -0.15) is 0 Å². The molecular weight excluding hydrogens is 172 g/mol. The van der Waals surface area contributed by atoms with Crippen molar-refractivity contribution in [1.29, 1.82) is 0 Å². The minimum absolute atomic E-state index is 0.0222. The molecule has 0 saturated heterocycles. The average Bonchev–Trinajstić information content (AvgIpc) is 2.02. The standard InChI is InChI=1S/C9H14O4/c1-2-4-7(9(12)13)5-3-6-8(10)11/h4H,2-3,5-6H2,1H3,(H,10,11)(H,12,13). The summed E-state index contributed by atoms with van der Waals surface area (Å²) in [6, 6.07) is 0. The van der Waals surface area contributed by atoms with Gasteiger partial charge in [-0.15, -0.1) is 0 Å². The van der Waals surface area contributed by atoms with Gasteiger partial charge in [0.2, 0.25) is 0 Å². The third kappa shape index (κ3) is 5.90. The maximum atomic E-state index is 10.5. The molecule has 13 heavy (non-hydrogen) atoms. The van der Waals surface area contributed by atoms with E-state index in [4.69, 9.17) is 10.2 Å². The van der Waals surface area contributed by atoms with Crippen LogP contribution in [-0.4, -0.2) is 22.2 Å². The molecule has 0 aliphatic carbocycles. The molecule has 0 rings (SSSR count). The van der Waals surface area contributed by atoms with Crippen LogP contribution in [0.25, 0.3) is 0 Å². The van der Waals surface area contributed by atoms with Gasteiger partial charge in [0.1, 0.15) is 0 Å². The second-order valence-electron chi connectivity index (χ2n) is 2.69. The maximum Gasteiger partial charge on any atom is 0.331 e. The number of carboxylic acid groups (broad SMARTS) is 2. The predicted molar refractivity (Wildman–Crippen MR) is 47.5 cm³/mol. The first-order valence-electron chi connectivity index (χ1n) is 4.22. The highest BCUT2D eigenvalue weighted by Crippen LogP contribution is 2.08. The normalized spacial score (nSPS) is 11.3. The van der Waals surface area contributed by atoms with Gasteiger partial charge in [-0.1, -0.05) is 13.0 Å². The Bertz CT molecular complexity index is 218. The van der Waals surface area contributed by atoms with Crippen LogP contribution in [0.3, 0.4) is 0 Å². The molecule has 0 unspecified atom stereocenters. The Morgan fingerprint density at radius 3 is 2.23 bits per heavy atom. The maximum absolute atomic E-state index is 10.5. The predicted octanol–water partition coefficient (Wildman–Crippen LogP) is 1.66. The van der Waals surface area contributed by atoms with Crippen LogP contribution in [0.15, 0.2) is 11.6 Å². The Balaban J connectivity index is 3.91. The van der Waals surface area contributed by atoms with Crippen molar-refractivity contribution < 1.29 is 19.8 Å². The van der Waals surface area contributed by atoms with Crippen LogP contribution in [0.2, 0.25) is 0 Å². The average molecular weight is 186 g/mol. The van der Waals surface area contributed by atoms with E-state index < -0.39 is 11.9 Å². The minimum Gasteiger partial charge on any atom is -0.481 e. The number of hydrogen-bond donors (Lipinski definition) is 2. The molecule has 4 heteroatoms. The summed E-state index contributed by atoms with van der Waals surface area (Å²) in [4.78, 5) is 20.7. The van der Waals surface area contributed by atoms with E-state index in [9.17, 15) is 9.59 Å². The van der Waals surface area contributed by atoms with Gasteiger partial charge in [-0.05, 0) is 19.3 Å². The quantitative estimate of drug-likeness (QED) is 0.618. The van der Waals surface area contributed by atoms with Crippen molar-refractivity contribution in [3.63, 3.8) is 0 Å². The molecule has 0 atom stereocenters. The molecule has 0 aliphatic rings. The first kappa shape index (κ1) is 11.7. The summed E-state index contributed by atoms with van der Waals surface area (Å²) in [5.74, 6) is -1.84. The summed E-state index contributed by atoms with van der Waals surface area (Å²) in [5.41, 5.74) is 0.309. The van der Waals surface area contributed by atoms with Crippen LogP contribution in [0.4, 0.5) is 0 Å². The van der Waals surface area contributed by atoms with E-state index in [1.807, 2.05) is 6.92 Å². The summed E-state index contributed by atoms with van der Waals surface area (Å²) in [5, 5.41) is 17.0. The Morgan fingerprint density at radius 2 is 1.85 bits per heavy atom. The summed E-state index contributed by atoms with van der Waals surface area (Å²) < 4.78 is 0. The fourth-order valence-corrected chi connectivity index (χ4v) is 0.973. The SMILES string of the molecule is CCC=C(CCCC(=O)O)C(=O)O. The molecule has 0 radical (unpaired) electrons. The molecule has 0 spiro atoms. The lowest BCUT2D eigenvalue weighted by Gasteiger charge is -1.99. The van der Waals surface area contributed by atoms with Gasteiger partial charge in [0.15, 0.2) is 0 Å². The van der Waals surface area contributed by atoms with Crippen LogP contribution in [-0.2, 0) is 9.59 Å². The zero-order chi connectivity index (χ0) is 10.3. The second-order valence-corrected chi connectivity index (χ2v) is 2.69. The van der Waals surface area contributed by atoms with Gasteiger partial charge in [0.05, 0.1) is 0 Å². The van der Waals surface area contributed by atoms with E-state index in [1.54, 1.807) is 6.08 Å². The second kappa shape index (κ2) is 6.22. The van der Waals surface area contributed by atoms with E-state index in [0.29, 0.717) is 24.8 Å². The zero-order valence-electron chi connectivity index (χ0n) is 7.62. The van der Waals surface area contributed by atoms with Crippen molar-refractivity contribution in [2.75, 3.05) is 0 Å². The van der Waals surface area contributed by atoms with Gasteiger partial charge < -0.3 is 10.2 Å². The Kier molecular flexibility index (Phi) is 5.59. The first-order valence-corrected chi connectivity index (χ1v) is 4.22. The van der Waals surface area contributed by atoms with Crippen LogP contribution in [0.5, 0.6) is 0 Å². The molecule has 0 aromatic carbocycles. The number of carboxylic acids is 2. The van der Waals surface area contributed by atoms with E-state index in [2.05, 4.69) is 0 Å². The Hall–Kier alpha value is -1.32. The molecule has 0 aromatic heterocycles. The monoisotopic (exact) mass is 186 g/mol. The molecule has 0 bridgehead atoms. The molecule has 4 nitrogen and oxygen atoms in total. The number of rotatable bonds is 6. The third-order valence-corrected chi connectivity index (χ3v) is 1.56. The van der Waals surface area contributed by atoms with Gasteiger partial charge in [-0.25, -0.2) is 4.79 Å². The number of carbonyl (C=O) groups is 2. The summed E-state index contributed by atoms with van der Waals surface area (Å²) in [6.45, 7) is 1.85. The fraction of sp³-hybridized carbons (Fsp3) is 0.556. The summed E-state index contributed by atoms with van der Waals surface area (Å²) in [7, 11) is 0. The van der Waals surface area contributed by atoms with Gasteiger partial charge >= 0.3 is 11.9 Å². The van der Waals surface area contributed by atoms with Crippen molar-refractivity contribution in [3.05, 3.63) is 11.6 Å². The molecule has 0 fully saturated rings. The topological polar surface area (TPSA) is 74.6 Å². The highest BCUT2D eigenvalue weighted by Gasteiger charge is 2.06. The van der Waals surface area contributed by atoms with Crippen LogP contribution in [0.1, 0.15) is 32.6 Å². The lowest BCUT2D eigenvalue weighted by atomic mass is 10.1. The first-order chi connectivity index (χ1) is 6.07. The number of aliphatic carboxylic acids is 2. The molecule has 0 amide bonds. The zero-order valence-corrected chi connectivity index (χ0v) is 7.62. The largest absolute Gasteiger partial charge is 0.481 e. The van der Waals surface area contributed by atoms with Gasteiger partial charge in [0, 0.05) is 12.0 Å². The van der Waals surface area contributed by atoms with E-state index >= 15 is 0 Å². The molecule has 0 aliphatic heterocycles. The van der Waals surface area contributed by atoms with Crippen molar-refractivity contribution in [1.82, 2.24) is 0 Å². The van der Waals surface area contributed by atoms with E-state index in [0.717, 1.165) is 0 Å².